The van der Waals surface area contributed by atoms with Gasteiger partial charge in [0.15, 0.2) is 0 Å². The Morgan fingerprint density at radius 2 is 1.62 bits per heavy atom. The Morgan fingerprint density at radius 3 is 2.33 bits per heavy atom. The second-order valence-corrected chi connectivity index (χ2v) is 11.4. The number of nitrogens with zero attached hydrogens (tertiary/aromatic N) is 4. The number of nitrogens with one attached hydrogen (secondary N) is 1. The minimum atomic E-state index is -0.547. The van der Waals surface area contributed by atoms with E-state index in [1.807, 2.05) is 30.3 Å². The van der Waals surface area contributed by atoms with Crippen molar-refractivity contribution in [1.29, 1.82) is 0 Å². The highest BCUT2D eigenvalue weighted by molar-refractivity contribution is 9.10. The van der Waals surface area contributed by atoms with Crippen LogP contribution < -0.4 is 10.2 Å². The zero-order chi connectivity index (χ0) is 27.4. The van der Waals surface area contributed by atoms with Crippen LogP contribution in [0.25, 0.3) is 0 Å². The van der Waals surface area contributed by atoms with Gasteiger partial charge >= 0.3 is 6.03 Å². The standard InChI is InChI=1S/C30H33BrClN5O2/c1-34(28-13-14-37(29(28)38)27-10-6-5-9-25(27)32)30(39)33-26-19-24(31)12-11-23(26)21-36-17-15-35(16-18-36)20-22-7-3-2-4-8-22/h2-12,19,28H,13-18,20-21H2,1H3,(H,33,39). The fourth-order valence-electron chi connectivity index (χ4n) is 5.27. The van der Waals surface area contributed by atoms with Gasteiger partial charge in [0.25, 0.3) is 0 Å². The molecule has 0 spiro atoms. The third kappa shape index (κ3) is 6.64. The van der Waals surface area contributed by atoms with Gasteiger partial charge in [0, 0.05) is 63.0 Å². The van der Waals surface area contributed by atoms with E-state index < -0.39 is 6.04 Å². The third-order valence-electron chi connectivity index (χ3n) is 7.53. The summed E-state index contributed by atoms with van der Waals surface area (Å²) in [6.07, 6.45) is 0.548. The van der Waals surface area contributed by atoms with Gasteiger partial charge in [0.05, 0.1) is 10.7 Å². The van der Waals surface area contributed by atoms with Crippen molar-refractivity contribution in [3.8, 4) is 0 Å². The maximum absolute atomic E-state index is 13.3. The maximum atomic E-state index is 13.3. The van der Waals surface area contributed by atoms with Gasteiger partial charge in [-0.05, 0) is 41.8 Å². The molecule has 0 radical (unpaired) electrons. The zero-order valence-electron chi connectivity index (χ0n) is 22.0. The SMILES string of the molecule is CN(C(=O)Nc1cc(Br)ccc1CN1CCN(Cc2ccccc2)CC1)C1CCN(c2ccccc2Cl)C1=O. The van der Waals surface area contributed by atoms with Gasteiger partial charge in [0.2, 0.25) is 5.91 Å². The molecule has 0 aromatic heterocycles. The van der Waals surface area contributed by atoms with Crippen molar-refractivity contribution in [3.63, 3.8) is 0 Å². The molecule has 2 heterocycles. The van der Waals surface area contributed by atoms with Gasteiger partial charge in [-0.1, -0.05) is 76.1 Å². The molecule has 2 saturated heterocycles. The van der Waals surface area contributed by atoms with Gasteiger partial charge in [-0.25, -0.2) is 4.79 Å². The summed E-state index contributed by atoms with van der Waals surface area (Å²) in [6.45, 7) is 6.16. The molecule has 3 aromatic carbocycles. The fraction of sp³-hybridized carbons (Fsp3) is 0.333. The lowest BCUT2D eigenvalue weighted by Gasteiger charge is -2.35. The molecule has 5 rings (SSSR count). The normalized spacial score (nSPS) is 18.4. The van der Waals surface area contributed by atoms with Gasteiger partial charge < -0.3 is 15.1 Å². The van der Waals surface area contributed by atoms with E-state index in [1.165, 1.54) is 10.5 Å². The van der Waals surface area contributed by atoms with E-state index in [-0.39, 0.29) is 11.9 Å². The number of urea groups is 1. The summed E-state index contributed by atoms with van der Waals surface area (Å²) in [7, 11) is 1.68. The largest absolute Gasteiger partial charge is 0.322 e. The molecule has 2 aliphatic heterocycles. The minimum Gasteiger partial charge on any atom is -0.315 e. The van der Waals surface area contributed by atoms with Crippen molar-refractivity contribution in [2.45, 2.75) is 25.6 Å². The molecule has 0 saturated carbocycles. The summed E-state index contributed by atoms with van der Waals surface area (Å²) in [4.78, 5) is 34.6. The highest BCUT2D eigenvalue weighted by Crippen LogP contribution is 2.31. The predicted molar refractivity (Wildman–Crippen MR) is 160 cm³/mol. The van der Waals surface area contributed by atoms with Crippen molar-refractivity contribution in [2.24, 2.45) is 0 Å². The maximum Gasteiger partial charge on any atom is 0.322 e. The molecule has 1 atom stereocenters. The molecule has 3 amide bonds. The minimum absolute atomic E-state index is 0.122. The second-order valence-electron chi connectivity index (χ2n) is 10.1. The smallest absolute Gasteiger partial charge is 0.315 e. The molecule has 204 valence electrons. The molecule has 1 N–H and O–H groups in total. The van der Waals surface area contributed by atoms with Crippen LogP contribution in [0.5, 0.6) is 0 Å². The van der Waals surface area contributed by atoms with E-state index in [4.69, 9.17) is 11.6 Å². The Kier molecular flexibility index (Phi) is 8.87. The number of piperazine rings is 1. The summed E-state index contributed by atoms with van der Waals surface area (Å²) >= 11 is 9.87. The predicted octanol–water partition coefficient (Wildman–Crippen LogP) is 5.69. The highest BCUT2D eigenvalue weighted by Gasteiger charge is 2.38. The Morgan fingerprint density at radius 1 is 0.949 bits per heavy atom. The van der Waals surface area contributed by atoms with Gasteiger partial charge in [-0.15, -0.1) is 0 Å². The van der Waals surface area contributed by atoms with E-state index in [2.05, 4.69) is 67.4 Å². The summed E-state index contributed by atoms with van der Waals surface area (Å²) in [5, 5.41) is 3.59. The molecule has 2 aliphatic rings. The first-order valence-corrected chi connectivity index (χ1v) is 14.4. The number of hydrogen-bond acceptors (Lipinski definition) is 4. The molecular weight excluding hydrogens is 578 g/mol. The van der Waals surface area contributed by atoms with Crippen LogP contribution in [0.2, 0.25) is 5.02 Å². The number of para-hydroxylation sites is 1. The Bertz CT molecular complexity index is 1320. The van der Waals surface area contributed by atoms with Crippen LogP contribution in [0.15, 0.2) is 77.3 Å². The lowest BCUT2D eigenvalue weighted by atomic mass is 10.1. The van der Waals surface area contributed by atoms with E-state index in [0.717, 1.165) is 55.0 Å². The van der Waals surface area contributed by atoms with Crippen LogP contribution in [0.4, 0.5) is 16.2 Å². The number of anilines is 2. The average molecular weight is 611 g/mol. The lowest BCUT2D eigenvalue weighted by molar-refractivity contribution is -0.120. The molecule has 7 nitrogen and oxygen atoms in total. The quantitative estimate of drug-likeness (QED) is 0.374. The summed E-state index contributed by atoms with van der Waals surface area (Å²) in [5.74, 6) is -0.122. The molecule has 3 aromatic rings. The van der Waals surface area contributed by atoms with E-state index in [0.29, 0.717) is 23.7 Å². The first-order chi connectivity index (χ1) is 18.9. The number of amides is 3. The molecule has 9 heteroatoms. The van der Waals surface area contributed by atoms with Crippen molar-refractivity contribution >= 4 is 50.8 Å². The van der Waals surface area contributed by atoms with Gasteiger partial charge in [-0.3, -0.25) is 14.6 Å². The monoisotopic (exact) mass is 609 g/mol. The van der Waals surface area contributed by atoms with Crippen LogP contribution in [-0.4, -0.2) is 72.5 Å². The van der Waals surface area contributed by atoms with Gasteiger partial charge in [0.1, 0.15) is 6.04 Å². The van der Waals surface area contributed by atoms with Crippen LogP contribution in [-0.2, 0) is 17.9 Å². The number of likely N-dealkylation sites (N-methyl/N-ethyl adjacent to an activating group) is 1. The molecule has 0 bridgehead atoms. The van der Waals surface area contributed by atoms with Crippen LogP contribution in [0.3, 0.4) is 0 Å². The van der Waals surface area contributed by atoms with Gasteiger partial charge in [-0.2, -0.15) is 0 Å². The van der Waals surface area contributed by atoms with E-state index in [1.54, 1.807) is 18.0 Å². The Labute approximate surface area is 243 Å². The number of carbonyl (C=O) groups excluding carboxylic acids is 2. The molecule has 0 aliphatic carbocycles. The number of halogens is 2. The number of hydrogen-bond donors (Lipinski definition) is 1. The van der Waals surface area contributed by atoms with Crippen molar-refractivity contribution in [2.75, 3.05) is 50.0 Å². The number of rotatable bonds is 7. The van der Waals surface area contributed by atoms with Crippen LogP contribution in [0, 0.1) is 0 Å². The summed E-state index contributed by atoms with van der Waals surface area (Å²) < 4.78 is 0.888. The topological polar surface area (TPSA) is 59.1 Å². The molecule has 39 heavy (non-hydrogen) atoms. The zero-order valence-corrected chi connectivity index (χ0v) is 24.4. The van der Waals surface area contributed by atoms with E-state index in [9.17, 15) is 9.59 Å². The first-order valence-electron chi connectivity index (χ1n) is 13.3. The van der Waals surface area contributed by atoms with Crippen molar-refractivity contribution in [1.82, 2.24) is 14.7 Å². The van der Waals surface area contributed by atoms with Crippen LogP contribution >= 0.6 is 27.5 Å². The first kappa shape index (κ1) is 27.6. The van der Waals surface area contributed by atoms with Crippen molar-refractivity contribution in [3.05, 3.63) is 93.4 Å². The number of benzene rings is 3. The van der Waals surface area contributed by atoms with Crippen LogP contribution in [0.1, 0.15) is 17.5 Å². The number of carbonyl (C=O) groups is 2. The fourth-order valence-corrected chi connectivity index (χ4v) is 5.87. The molecule has 2 fully saturated rings. The highest BCUT2D eigenvalue weighted by atomic mass is 79.9. The molecule has 1 unspecified atom stereocenters. The summed E-state index contributed by atoms with van der Waals surface area (Å²) in [6, 6.07) is 23.0. The third-order valence-corrected chi connectivity index (χ3v) is 8.34. The van der Waals surface area contributed by atoms with Crippen molar-refractivity contribution < 1.29 is 9.59 Å². The average Bonchev–Trinajstić information content (AvgIpc) is 3.32. The molecular formula is C30H33BrClN5O2. The van der Waals surface area contributed by atoms with E-state index >= 15 is 0 Å². The second kappa shape index (κ2) is 12.5. The Balaban J connectivity index is 1.20. The Hall–Kier alpha value is -2.91. The summed E-state index contributed by atoms with van der Waals surface area (Å²) in [5.41, 5.74) is 3.82. The lowest BCUT2D eigenvalue weighted by Crippen LogP contribution is -2.46.